The molecule has 0 radical (unpaired) electrons. The van der Waals surface area contributed by atoms with Gasteiger partial charge in [0.15, 0.2) is 5.76 Å². The van der Waals surface area contributed by atoms with E-state index in [-0.39, 0.29) is 12.1 Å². The number of carbonyl (C=O) groups is 2. The van der Waals surface area contributed by atoms with E-state index in [0.717, 1.165) is 0 Å². The maximum absolute atomic E-state index is 13.4. The van der Waals surface area contributed by atoms with Gasteiger partial charge in [0.05, 0.1) is 21.2 Å². The van der Waals surface area contributed by atoms with Gasteiger partial charge in [0, 0.05) is 6.54 Å². The lowest BCUT2D eigenvalue weighted by molar-refractivity contribution is -0.130. The zero-order valence-corrected chi connectivity index (χ0v) is 17.4. The Balaban J connectivity index is 1.79. The van der Waals surface area contributed by atoms with Gasteiger partial charge < -0.3 is 14.4 Å². The summed E-state index contributed by atoms with van der Waals surface area (Å²) in [4.78, 5) is 32.3. The number of thiazole rings is 1. The third-order valence-electron chi connectivity index (χ3n) is 4.95. The minimum absolute atomic E-state index is 0.0387. The molecule has 0 spiro atoms. The molecule has 1 aromatic carbocycles. The van der Waals surface area contributed by atoms with E-state index in [0.29, 0.717) is 32.7 Å². The van der Waals surface area contributed by atoms with Crippen LogP contribution in [0.4, 0.5) is 4.39 Å². The number of hydrogen-bond acceptors (Lipinski definition) is 6. The summed E-state index contributed by atoms with van der Waals surface area (Å²) in [6.45, 7) is 5.33. The lowest BCUT2D eigenvalue weighted by Gasteiger charge is -2.25. The molecule has 0 fully saturated rings. The molecule has 154 valence electrons. The van der Waals surface area contributed by atoms with Crippen molar-refractivity contribution in [3.63, 3.8) is 0 Å². The number of nitrogens with zero attached hydrogens (tertiary/aromatic N) is 2. The number of ketones is 1. The summed E-state index contributed by atoms with van der Waals surface area (Å²) in [6.07, 6.45) is 0. The molecule has 1 unspecified atom stereocenters. The van der Waals surface area contributed by atoms with Crippen LogP contribution in [0.3, 0.4) is 0 Å². The zero-order valence-electron chi connectivity index (χ0n) is 16.6. The van der Waals surface area contributed by atoms with Crippen molar-refractivity contribution in [2.75, 3.05) is 0 Å². The van der Waals surface area contributed by atoms with Crippen LogP contribution in [-0.4, -0.2) is 26.7 Å². The summed E-state index contributed by atoms with van der Waals surface area (Å²) >= 11 is 1.21. The second kappa shape index (κ2) is 7.53. The third-order valence-corrected chi connectivity index (χ3v) is 6.03. The Kier molecular flexibility index (Phi) is 5.03. The number of aromatic nitrogens is 1. The molecule has 1 N–H and O–H groups in total. The van der Waals surface area contributed by atoms with Crippen LogP contribution in [0.5, 0.6) is 0 Å². The van der Waals surface area contributed by atoms with Crippen molar-refractivity contribution >= 4 is 23.0 Å². The summed E-state index contributed by atoms with van der Waals surface area (Å²) in [5.74, 6) is -1.15. The highest BCUT2D eigenvalue weighted by Gasteiger charge is 2.46. The van der Waals surface area contributed by atoms with E-state index >= 15 is 0 Å². The quantitative estimate of drug-likeness (QED) is 0.604. The number of Topliss-reactive ketones (excluding diaryl/α,β-unsaturated/α-hetero) is 1. The largest absolute Gasteiger partial charge is 0.503 e. The van der Waals surface area contributed by atoms with Crippen molar-refractivity contribution in [1.29, 1.82) is 0 Å². The van der Waals surface area contributed by atoms with Gasteiger partial charge in [-0.25, -0.2) is 9.37 Å². The Morgan fingerprint density at radius 2 is 1.90 bits per heavy atom. The molecule has 0 bridgehead atoms. The van der Waals surface area contributed by atoms with Crippen LogP contribution in [-0.2, 0) is 11.3 Å². The molecule has 0 saturated heterocycles. The van der Waals surface area contributed by atoms with E-state index in [1.54, 1.807) is 45.0 Å². The maximum atomic E-state index is 13.4. The lowest BCUT2D eigenvalue weighted by atomic mass is 9.99. The molecule has 8 heteroatoms. The first-order valence-corrected chi connectivity index (χ1v) is 10.1. The summed E-state index contributed by atoms with van der Waals surface area (Å²) < 4.78 is 19.0. The first kappa shape index (κ1) is 20.0. The third kappa shape index (κ3) is 3.43. The van der Waals surface area contributed by atoms with E-state index in [1.807, 2.05) is 0 Å². The molecule has 3 heterocycles. The van der Waals surface area contributed by atoms with Crippen LogP contribution in [0.15, 0.2) is 52.1 Å². The molecule has 1 aliphatic rings. The van der Waals surface area contributed by atoms with E-state index < -0.39 is 29.3 Å². The van der Waals surface area contributed by atoms with Crippen LogP contribution in [0.1, 0.15) is 43.5 Å². The van der Waals surface area contributed by atoms with Gasteiger partial charge in [-0.1, -0.05) is 12.1 Å². The minimum atomic E-state index is -0.898. The predicted octanol–water partition coefficient (Wildman–Crippen LogP) is 4.58. The van der Waals surface area contributed by atoms with E-state index in [4.69, 9.17) is 4.42 Å². The maximum Gasteiger partial charge on any atom is 0.290 e. The number of furan rings is 1. The second-order valence-corrected chi connectivity index (χ2v) is 8.35. The summed E-state index contributed by atoms with van der Waals surface area (Å²) in [6, 6.07) is 8.22. The summed E-state index contributed by atoms with van der Waals surface area (Å²) in [5, 5.41) is 11.4. The first-order valence-electron chi connectivity index (χ1n) is 9.30. The highest BCUT2D eigenvalue weighted by Crippen LogP contribution is 2.41. The van der Waals surface area contributed by atoms with Gasteiger partial charge in [0.2, 0.25) is 5.78 Å². The molecular weight excluding hydrogens is 407 g/mol. The second-order valence-electron chi connectivity index (χ2n) is 7.15. The van der Waals surface area contributed by atoms with Crippen molar-refractivity contribution in [3.05, 3.63) is 86.2 Å². The number of aryl methyl sites for hydroxylation is 3. The normalized spacial score (nSPS) is 16.6. The van der Waals surface area contributed by atoms with Crippen molar-refractivity contribution in [1.82, 2.24) is 9.88 Å². The fourth-order valence-corrected chi connectivity index (χ4v) is 4.47. The Labute approximate surface area is 176 Å². The van der Waals surface area contributed by atoms with Crippen molar-refractivity contribution in [2.24, 2.45) is 0 Å². The fourth-order valence-electron chi connectivity index (χ4n) is 3.60. The molecule has 0 aliphatic carbocycles. The van der Waals surface area contributed by atoms with Crippen LogP contribution in [0.2, 0.25) is 0 Å². The van der Waals surface area contributed by atoms with Gasteiger partial charge in [-0.2, -0.15) is 0 Å². The zero-order chi connectivity index (χ0) is 21.6. The number of aliphatic hydroxyl groups excluding tert-OH is 1. The SMILES string of the molecule is Cc1ccc(C2C(C(=O)c3sc(C)nc3C)=C(O)C(=O)N2Cc2ccc(F)cc2)o1. The highest BCUT2D eigenvalue weighted by atomic mass is 32.1. The average molecular weight is 426 g/mol. The van der Waals surface area contributed by atoms with Crippen molar-refractivity contribution < 1.29 is 23.5 Å². The number of aliphatic hydroxyl groups is 1. The van der Waals surface area contributed by atoms with E-state index in [9.17, 15) is 19.1 Å². The molecule has 3 aromatic rings. The molecule has 30 heavy (non-hydrogen) atoms. The Morgan fingerprint density at radius 1 is 1.20 bits per heavy atom. The van der Waals surface area contributed by atoms with Gasteiger partial charge in [-0.05, 0) is 50.6 Å². The smallest absolute Gasteiger partial charge is 0.290 e. The molecular formula is C22H19FN2O4S. The minimum Gasteiger partial charge on any atom is -0.503 e. The number of rotatable bonds is 5. The average Bonchev–Trinajstić information content (AvgIpc) is 3.35. The number of hydrogen-bond donors (Lipinski definition) is 1. The fraction of sp³-hybridized carbons (Fsp3) is 0.227. The van der Waals surface area contributed by atoms with E-state index in [2.05, 4.69) is 4.98 Å². The van der Waals surface area contributed by atoms with E-state index in [1.165, 1.54) is 28.4 Å². The van der Waals surface area contributed by atoms with Crippen molar-refractivity contribution in [2.45, 2.75) is 33.4 Å². The predicted molar refractivity (Wildman–Crippen MR) is 109 cm³/mol. The van der Waals surface area contributed by atoms with Crippen molar-refractivity contribution in [3.8, 4) is 0 Å². The van der Waals surface area contributed by atoms with Gasteiger partial charge in [-0.15, -0.1) is 11.3 Å². The Bertz CT molecular complexity index is 1180. The van der Waals surface area contributed by atoms with Crippen LogP contribution in [0, 0.1) is 26.6 Å². The molecule has 0 saturated carbocycles. The summed E-state index contributed by atoms with van der Waals surface area (Å²) in [5.41, 5.74) is 1.16. The Hall–Kier alpha value is -3.26. The first-order chi connectivity index (χ1) is 14.3. The highest BCUT2D eigenvalue weighted by molar-refractivity contribution is 7.14. The van der Waals surface area contributed by atoms with Gasteiger partial charge in [-0.3, -0.25) is 9.59 Å². The van der Waals surface area contributed by atoms with Crippen LogP contribution in [0.25, 0.3) is 0 Å². The van der Waals surface area contributed by atoms with Gasteiger partial charge in [0.1, 0.15) is 23.4 Å². The molecule has 1 amide bonds. The van der Waals surface area contributed by atoms with Gasteiger partial charge in [0.25, 0.3) is 5.91 Å². The number of benzene rings is 1. The van der Waals surface area contributed by atoms with Crippen LogP contribution >= 0.6 is 11.3 Å². The lowest BCUT2D eigenvalue weighted by Crippen LogP contribution is -2.30. The monoisotopic (exact) mass is 426 g/mol. The van der Waals surface area contributed by atoms with Crippen LogP contribution < -0.4 is 0 Å². The number of halogens is 1. The topological polar surface area (TPSA) is 83.6 Å². The molecule has 1 atom stereocenters. The Morgan fingerprint density at radius 3 is 2.47 bits per heavy atom. The molecule has 1 aliphatic heterocycles. The molecule has 4 rings (SSSR count). The molecule has 2 aromatic heterocycles. The van der Waals surface area contributed by atoms with Gasteiger partial charge >= 0.3 is 0 Å². The number of carbonyl (C=O) groups excluding carboxylic acids is 2. The standard InChI is InChI=1S/C22H19FN2O4S/c1-11-4-9-16(29-11)18-17(19(26)21-12(2)24-13(3)30-21)20(27)22(28)25(18)10-14-5-7-15(23)8-6-14/h4-9,18,27H,10H2,1-3H3. The molecule has 6 nitrogen and oxygen atoms in total. The summed E-state index contributed by atoms with van der Waals surface area (Å²) in [7, 11) is 0. The number of amides is 1.